The summed E-state index contributed by atoms with van der Waals surface area (Å²) in [5.41, 5.74) is 2.65. The van der Waals surface area contributed by atoms with Gasteiger partial charge in [0.15, 0.2) is 0 Å². The normalized spacial score (nSPS) is 9.31. The third kappa shape index (κ3) is 3.15. The van der Waals surface area contributed by atoms with E-state index < -0.39 is 0 Å². The van der Waals surface area contributed by atoms with Crippen molar-refractivity contribution < 1.29 is 29.6 Å². The monoisotopic (exact) mass is 218 g/mol. The molecule has 0 fully saturated rings. The molecule has 0 aliphatic carbocycles. The van der Waals surface area contributed by atoms with Crippen LogP contribution >= 0.6 is 0 Å². The Morgan fingerprint density at radius 3 is 1.44 bits per heavy atom. The molecule has 0 aliphatic rings. The van der Waals surface area contributed by atoms with E-state index >= 15 is 0 Å². The first-order valence-corrected chi connectivity index (χ1v) is 5.38. The van der Waals surface area contributed by atoms with Crippen molar-refractivity contribution in [3.63, 3.8) is 0 Å². The summed E-state index contributed by atoms with van der Waals surface area (Å²) in [5, 5.41) is 0. The van der Waals surface area contributed by atoms with Gasteiger partial charge in [0.2, 0.25) is 0 Å². The summed E-state index contributed by atoms with van der Waals surface area (Å²) in [7, 11) is 0. The summed E-state index contributed by atoms with van der Waals surface area (Å²) in [6.45, 7) is 2.20. The average Bonchev–Trinajstić information content (AvgIpc) is 2.33. The first-order valence-electron chi connectivity index (χ1n) is 5.38. The summed E-state index contributed by atoms with van der Waals surface area (Å²) in [4.78, 5) is 0. The summed E-state index contributed by atoms with van der Waals surface area (Å²) in [5.74, 6) is 1.41. The van der Waals surface area contributed by atoms with Crippen LogP contribution in [0.5, 0.6) is 0 Å². The fourth-order valence-electron chi connectivity index (χ4n) is 1.85. The molecule has 0 atom stereocenters. The molecule has 0 heterocycles. The zero-order chi connectivity index (χ0) is 10.5. The molecule has 0 aromatic heterocycles. The molecule has 16 heavy (non-hydrogen) atoms. The SMILES string of the molecule is CC[C-](c1ccccc1)c1ccccc1.[Na+]. The van der Waals surface area contributed by atoms with Gasteiger partial charge in [0.1, 0.15) is 0 Å². The molecular formula is C15H15Na. The Morgan fingerprint density at radius 2 is 1.12 bits per heavy atom. The fraction of sp³-hybridized carbons (Fsp3) is 0.133. The topological polar surface area (TPSA) is 0 Å². The maximum Gasteiger partial charge on any atom is 1.00 e. The first-order chi connectivity index (χ1) is 7.42. The molecule has 0 saturated heterocycles. The van der Waals surface area contributed by atoms with Crippen molar-refractivity contribution in [1.29, 1.82) is 0 Å². The predicted octanol–water partition coefficient (Wildman–Crippen LogP) is 1.07. The van der Waals surface area contributed by atoms with Gasteiger partial charge in [-0.15, -0.1) is 41.3 Å². The standard InChI is InChI=1S/C15H15.Na/c1-2-15(13-9-5-3-6-10-13)14-11-7-4-8-12-14;/h3-12H,2H2,1H3;/q-1;+1. The van der Waals surface area contributed by atoms with Gasteiger partial charge in [-0.25, -0.2) is 0 Å². The van der Waals surface area contributed by atoms with Crippen LogP contribution in [0.15, 0.2) is 60.7 Å². The molecule has 2 rings (SSSR count). The van der Waals surface area contributed by atoms with E-state index in [4.69, 9.17) is 0 Å². The zero-order valence-corrected chi connectivity index (χ0v) is 12.0. The molecule has 0 saturated carbocycles. The van der Waals surface area contributed by atoms with Crippen LogP contribution < -0.4 is 29.6 Å². The maximum absolute atomic E-state index is 2.20. The predicted molar refractivity (Wildman–Crippen MR) is 64.6 cm³/mol. The van der Waals surface area contributed by atoms with Crippen LogP contribution in [-0.4, -0.2) is 0 Å². The fourth-order valence-corrected chi connectivity index (χ4v) is 1.85. The van der Waals surface area contributed by atoms with E-state index in [1.165, 1.54) is 17.0 Å². The van der Waals surface area contributed by atoms with E-state index in [0.717, 1.165) is 6.42 Å². The van der Waals surface area contributed by atoms with Gasteiger partial charge in [-0.05, 0) is 0 Å². The van der Waals surface area contributed by atoms with Crippen molar-refractivity contribution in [2.45, 2.75) is 13.3 Å². The van der Waals surface area contributed by atoms with Crippen LogP contribution in [0, 0.1) is 5.92 Å². The molecule has 0 N–H and O–H groups in total. The van der Waals surface area contributed by atoms with Gasteiger partial charge in [0, 0.05) is 0 Å². The maximum atomic E-state index is 2.20. The molecule has 1 heteroatoms. The summed E-state index contributed by atoms with van der Waals surface area (Å²) < 4.78 is 0. The van der Waals surface area contributed by atoms with Gasteiger partial charge < -0.3 is 0 Å². The van der Waals surface area contributed by atoms with Gasteiger partial charge in [0.05, 0.1) is 0 Å². The van der Waals surface area contributed by atoms with Crippen molar-refractivity contribution in [1.82, 2.24) is 0 Å². The molecule has 76 valence electrons. The van der Waals surface area contributed by atoms with E-state index in [1.807, 2.05) is 0 Å². The van der Waals surface area contributed by atoms with E-state index in [1.54, 1.807) is 0 Å². The first kappa shape index (κ1) is 13.4. The van der Waals surface area contributed by atoms with Crippen molar-refractivity contribution >= 4 is 0 Å². The second-order valence-electron chi connectivity index (χ2n) is 3.56. The minimum absolute atomic E-state index is 0. The summed E-state index contributed by atoms with van der Waals surface area (Å²) in [6.07, 6.45) is 1.06. The third-order valence-corrected chi connectivity index (χ3v) is 2.60. The van der Waals surface area contributed by atoms with Crippen LogP contribution in [0.1, 0.15) is 24.5 Å². The number of hydrogen-bond donors (Lipinski definition) is 0. The van der Waals surface area contributed by atoms with Gasteiger partial charge in [0.25, 0.3) is 0 Å². The van der Waals surface area contributed by atoms with Gasteiger partial charge in [-0.2, -0.15) is 0 Å². The Balaban J connectivity index is 0.00000128. The van der Waals surface area contributed by atoms with E-state index in [2.05, 4.69) is 67.6 Å². The Morgan fingerprint density at radius 1 is 0.750 bits per heavy atom. The Bertz CT molecular complexity index is 355. The van der Waals surface area contributed by atoms with E-state index in [-0.39, 0.29) is 29.6 Å². The summed E-state index contributed by atoms with van der Waals surface area (Å²) in [6, 6.07) is 21.2. The van der Waals surface area contributed by atoms with Crippen LogP contribution in [0.2, 0.25) is 0 Å². The molecule has 0 nitrogen and oxygen atoms in total. The van der Waals surface area contributed by atoms with Crippen LogP contribution in [0.25, 0.3) is 0 Å². The van der Waals surface area contributed by atoms with E-state index in [9.17, 15) is 0 Å². The largest absolute Gasteiger partial charge is 1.00 e. The minimum atomic E-state index is 0. The van der Waals surface area contributed by atoms with Crippen LogP contribution in [0.3, 0.4) is 0 Å². The molecule has 0 radical (unpaired) electrons. The molecular weight excluding hydrogens is 203 g/mol. The molecule has 0 spiro atoms. The Hall–Kier alpha value is -0.690. The third-order valence-electron chi connectivity index (χ3n) is 2.60. The minimum Gasteiger partial charge on any atom is -0.120 e. The molecule has 0 bridgehead atoms. The molecule has 0 aliphatic heterocycles. The van der Waals surface area contributed by atoms with Crippen LogP contribution in [-0.2, 0) is 0 Å². The number of hydrogen-bond acceptors (Lipinski definition) is 0. The molecule has 0 unspecified atom stereocenters. The summed E-state index contributed by atoms with van der Waals surface area (Å²) >= 11 is 0. The van der Waals surface area contributed by atoms with Crippen molar-refractivity contribution in [2.75, 3.05) is 0 Å². The second kappa shape index (κ2) is 6.80. The molecule has 0 amide bonds. The number of rotatable bonds is 3. The second-order valence-corrected chi connectivity index (χ2v) is 3.56. The quantitative estimate of drug-likeness (QED) is 0.534. The smallest absolute Gasteiger partial charge is 0.120 e. The molecule has 2 aromatic carbocycles. The van der Waals surface area contributed by atoms with Crippen molar-refractivity contribution in [2.24, 2.45) is 0 Å². The average molecular weight is 218 g/mol. The van der Waals surface area contributed by atoms with Gasteiger partial charge >= 0.3 is 29.6 Å². The number of benzene rings is 2. The van der Waals surface area contributed by atoms with Crippen molar-refractivity contribution in [3.8, 4) is 0 Å². The van der Waals surface area contributed by atoms with Crippen molar-refractivity contribution in [3.05, 3.63) is 77.7 Å². The zero-order valence-electron chi connectivity index (χ0n) is 9.98. The van der Waals surface area contributed by atoms with E-state index in [0.29, 0.717) is 0 Å². The Labute approximate surface area is 120 Å². The Kier molecular flexibility index (Phi) is 5.68. The van der Waals surface area contributed by atoms with Gasteiger partial charge in [-0.1, -0.05) is 49.7 Å². The van der Waals surface area contributed by atoms with Gasteiger partial charge in [-0.3, -0.25) is 0 Å². The van der Waals surface area contributed by atoms with Crippen LogP contribution in [0.4, 0.5) is 0 Å². The molecule has 2 aromatic rings.